The molecule has 0 saturated carbocycles. The molecule has 5 nitrogen and oxygen atoms in total. The van der Waals surface area contributed by atoms with Gasteiger partial charge in [-0.3, -0.25) is 4.72 Å². The van der Waals surface area contributed by atoms with Crippen LogP contribution < -0.4 is 10.0 Å². The fourth-order valence-electron chi connectivity index (χ4n) is 2.48. The predicted molar refractivity (Wildman–Crippen MR) is 86.6 cm³/mol. The monoisotopic (exact) mass is 332 g/mol. The molecule has 1 aliphatic heterocycles. The molecule has 7 heteroatoms. The van der Waals surface area contributed by atoms with E-state index in [4.69, 9.17) is 16.3 Å². The van der Waals surface area contributed by atoms with E-state index >= 15 is 0 Å². The lowest BCUT2D eigenvalue weighted by molar-refractivity contribution is -0.0553. The first-order valence-electron chi connectivity index (χ1n) is 6.82. The van der Waals surface area contributed by atoms with Crippen LogP contribution in [0.5, 0.6) is 0 Å². The quantitative estimate of drug-likeness (QED) is 0.889. The fourth-order valence-corrected chi connectivity index (χ4v) is 3.34. The molecule has 0 spiro atoms. The average molecular weight is 333 g/mol. The average Bonchev–Trinajstić information content (AvgIpc) is 2.30. The van der Waals surface area contributed by atoms with Gasteiger partial charge in [-0.2, -0.15) is 0 Å². The van der Waals surface area contributed by atoms with Crippen molar-refractivity contribution < 1.29 is 13.2 Å². The Bertz CT molecular complexity index is 617. The first-order valence-corrected chi connectivity index (χ1v) is 9.09. The van der Waals surface area contributed by atoms with E-state index in [1.165, 1.54) is 0 Å². The number of halogens is 1. The molecule has 1 aromatic rings. The Balaban J connectivity index is 2.07. The van der Waals surface area contributed by atoms with E-state index in [1.54, 1.807) is 12.1 Å². The van der Waals surface area contributed by atoms with Gasteiger partial charge in [-0.1, -0.05) is 11.6 Å². The highest BCUT2D eigenvalue weighted by Crippen LogP contribution is 2.30. The SMILES string of the molecule is CC1(C)CC(Nc2ccc(NS(C)(=O)=O)c(Cl)c2)CCO1. The topological polar surface area (TPSA) is 67.4 Å². The summed E-state index contributed by atoms with van der Waals surface area (Å²) in [4.78, 5) is 0. The second-order valence-electron chi connectivity index (χ2n) is 6.01. The first kappa shape index (κ1) is 16.4. The van der Waals surface area contributed by atoms with Crippen LogP contribution in [-0.4, -0.2) is 32.9 Å². The summed E-state index contributed by atoms with van der Waals surface area (Å²) < 4.78 is 30.5. The Kier molecular flexibility index (Phi) is 4.70. The number of benzene rings is 1. The third-order valence-electron chi connectivity index (χ3n) is 3.33. The number of nitrogens with one attached hydrogen (secondary N) is 2. The second kappa shape index (κ2) is 6.02. The molecule has 0 amide bonds. The van der Waals surface area contributed by atoms with Gasteiger partial charge in [0.15, 0.2) is 0 Å². The molecule has 118 valence electrons. The van der Waals surface area contributed by atoms with Gasteiger partial charge in [0.25, 0.3) is 0 Å². The van der Waals surface area contributed by atoms with Crippen LogP contribution in [0.4, 0.5) is 11.4 Å². The molecule has 1 saturated heterocycles. The molecule has 1 unspecified atom stereocenters. The summed E-state index contributed by atoms with van der Waals surface area (Å²) in [6.45, 7) is 4.88. The number of rotatable bonds is 4. The minimum atomic E-state index is -3.33. The molecule has 2 N–H and O–H groups in total. The third kappa shape index (κ3) is 5.05. The van der Waals surface area contributed by atoms with E-state index in [2.05, 4.69) is 23.9 Å². The number of anilines is 2. The van der Waals surface area contributed by atoms with Gasteiger partial charge in [-0.25, -0.2) is 8.42 Å². The summed E-state index contributed by atoms with van der Waals surface area (Å²) in [7, 11) is -3.33. The number of ether oxygens (including phenoxy) is 1. The maximum absolute atomic E-state index is 11.2. The molecule has 0 aliphatic carbocycles. The van der Waals surface area contributed by atoms with Crippen molar-refractivity contribution in [2.24, 2.45) is 0 Å². The van der Waals surface area contributed by atoms with E-state index in [9.17, 15) is 8.42 Å². The lowest BCUT2D eigenvalue weighted by Crippen LogP contribution is -2.40. The molecule has 1 fully saturated rings. The highest BCUT2D eigenvalue weighted by Gasteiger charge is 2.28. The second-order valence-corrected chi connectivity index (χ2v) is 8.17. The summed E-state index contributed by atoms with van der Waals surface area (Å²) >= 11 is 6.12. The van der Waals surface area contributed by atoms with Crippen LogP contribution in [0, 0.1) is 0 Å². The molecule has 0 aromatic heterocycles. The van der Waals surface area contributed by atoms with Crippen molar-refractivity contribution in [2.75, 3.05) is 22.9 Å². The Morgan fingerprint density at radius 3 is 2.67 bits per heavy atom. The van der Waals surface area contributed by atoms with E-state index in [0.29, 0.717) is 16.8 Å². The Morgan fingerprint density at radius 1 is 1.38 bits per heavy atom. The first-order chi connectivity index (χ1) is 9.65. The molecule has 1 aromatic carbocycles. The van der Waals surface area contributed by atoms with Crippen molar-refractivity contribution >= 4 is 33.0 Å². The lowest BCUT2D eigenvalue weighted by Gasteiger charge is -2.36. The number of sulfonamides is 1. The summed E-state index contributed by atoms with van der Waals surface area (Å²) in [6, 6.07) is 5.54. The largest absolute Gasteiger partial charge is 0.382 e. The summed E-state index contributed by atoms with van der Waals surface area (Å²) in [5, 5.41) is 3.80. The van der Waals surface area contributed by atoms with Crippen LogP contribution in [0.25, 0.3) is 0 Å². The molecule has 1 aliphatic rings. The Hall–Kier alpha value is -0.980. The maximum atomic E-state index is 11.2. The highest BCUT2D eigenvalue weighted by molar-refractivity contribution is 7.92. The van der Waals surface area contributed by atoms with E-state index in [0.717, 1.165) is 31.4 Å². The molecular weight excluding hydrogens is 312 g/mol. The van der Waals surface area contributed by atoms with Crippen LogP contribution in [-0.2, 0) is 14.8 Å². The van der Waals surface area contributed by atoms with Crippen molar-refractivity contribution in [1.29, 1.82) is 0 Å². The summed E-state index contributed by atoms with van der Waals surface area (Å²) in [5.74, 6) is 0. The Morgan fingerprint density at radius 2 is 2.10 bits per heavy atom. The molecule has 1 heterocycles. The maximum Gasteiger partial charge on any atom is 0.229 e. The van der Waals surface area contributed by atoms with Gasteiger partial charge in [0.1, 0.15) is 0 Å². The normalized spacial score (nSPS) is 21.8. The molecule has 0 bridgehead atoms. The van der Waals surface area contributed by atoms with Gasteiger partial charge in [0.2, 0.25) is 10.0 Å². The van der Waals surface area contributed by atoms with E-state index in [1.807, 2.05) is 6.07 Å². The minimum Gasteiger partial charge on any atom is -0.382 e. The number of hydrogen-bond acceptors (Lipinski definition) is 4. The standard InChI is InChI=1S/C14H21ClN2O3S/c1-14(2)9-11(6-7-20-14)16-10-4-5-13(12(15)8-10)17-21(3,18)19/h4-5,8,11,16-17H,6-7,9H2,1-3H3. The van der Waals surface area contributed by atoms with Crippen molar-refractivity contribution in [3.63, 3.8) is 0 Å². The van der Waals surface area contributed by atoms with Crippen molar-refractivity contribution in [3.8, 4) is 0 Å². The number of hydrogen-bond donors (Lipinski definition) is 2. The molecular formula is C14H21ClN2O3S. The van der Waals surface area contributed by atoms with Gasteiger partial charge in [-0.15, -0.1) is 0 Å². The van der Waals surface area contributed by atoms with Gasteiger partial charge in [0, 0.05) is 18.3 Å². The smallest absolute Gasteiger partial charge is 0.229 e. The molecule has 2 rings (SSSR count). The van der Waals surface area contributed by atoms with E-state index < -0.39 is 10.0 Å². The molecule has 21 heavy (non-hydrogen) atoms. The Labute approximate surface area is 131 Å². The van der Waals surface area contributed by atoms with Crippen LogP contribution in [0.1, 0.15) is 26.7 Å². The van der Waals surface area contributed by atoms with Crippen molar-refractivity contribution in [2.45, 2.75) is 38.3 Å². The van der Waals surface area contributed by atoms with Gasteiger partial charge in [-0.05, 0) is 44.9 Å². The third-order valence-corrected chi connectivity index (χ3v) is 4.24. The lowest BCUT2D eigenvalue weighted by atomic mass is 9.94. The van der Waals surface area contributed by atoms with Gasteiger partial charge >= 0.3 is 0 Å². The summed E-state index contributed by atoms with van der Waals surface area (Å²) in [5.41, 5.74) is 1.14. The van der Waals surface area contributed by atoms with Gasteiger partial charge < -0.3 is 10.1 Å². The summed E-state index contributed by atoms with van der Waals surface area (Å²) in [6.07, 6.45) is 2.94. The van der Waals surface area contributed by atoms with Crippen molar-refractivity contribution in [1.82, 2.24) is 0 Å². The van der Waals surface area contributed by atoms with Crippen LogP contribution >= 0.6 is 11.6 Å². The highest BCUT2D eigenvalue weighted by atomic mass is 35.5. The van der Waals surface area contributed by atoms with Crippen molar-refractivity contribution in [3.05, 3.63) is 23.2 Å². The zero-order chi connectivity index (χ0) is 15.7. The van der Waals surface area contributed by atoms with Gasteiger partial charge in [0.05, 0.1) is 22.6 Å². The van der Waals surface area contributed by atoms with Crippen LogP contribution in [0.2, 0.25) is 5.02 Å². The fraction of sp³-hybridized carbons (Fsp3) is 0.571. The van der Waals surface area contributed by atoms with E-state index in [-0.39, 0.29) is 5.60 Å². The zero-order valence-electron chi connectivity index (χ0n) is 12.4. The van der Waals surface area contributed by atoms with Crippen LogP contribution in [0.15, 0.2) is 18.2 Å². The minimum absolute atomic E-state index is 0.127. The van der Waals surface area contributed by atoms with Crippen LogP contribution in [0.3, 0.4) is 0 Å². The molecule has 1 atom stereocenters. The zero-order valence-corrected chi connectivity index (χ0v) is 14.0. The molecule has 0 radical (unpaired) electrons. The predicted octanol–water partition coefficient (Wildman–Crippen LogP) is 3.08.